The minimum atomic E-state index is -0.808. The highest BCUT2D eigenvalue weighted by atomic mass is 16.4. The average molecular weight is 465 g/mol. The van der Waals surface area contributed by atoms with Crippen molar-refractivity contribution in [2.24, 2.45) is 5.92 Å². The van der Waals surface area contributed by atoms with Crippen molar-refractivity contribution in [3.05, 3.63) is 12.2 Å². The van der Waals surface area contributed by atoms with Crippen LogP contribution >= 0.6 is 0 Å². The molecule has 0 aliphatic heterocycles. The van der Waals surface area contributed by atoms with Gasteiger partial charge in [-0.2, -0.15) is 0 Å². The van der Waals surface area contributed by atoms with E-state index < -0.39 is 5.97 Å². The van der Waals surface area contributed by atoms with Crippen LogP contribution in [-0.2, 0) is 4.79 Å². The molecule has 0 aromatic heterocycles. The third-order valence-electron chi connectivity index (χ3n) is 7.27. The molecule has 1 unspecified atom stereocenters. The Balaban J connectivity index is 3.77. The SMILES string of the molecule is C=C(CC(CCCCCCCCCCCC)CCCCCCCCCCCCCC)C(=O)O. The molecule has 0 aliphatic carbocycles. The van der Waals surface area contributed by atoms with Crippen molar-refractivity contribution in [2.75, 3.05) is 0 Å². The van der Waals surface area contributed by atoms with Gasteiger partial charge < -0.3 is 5.11 Å². The van der Waals surface area contributed by atoms with Gasteiger partial charge in [0.1, 0.15) is 0 Å². The second-order valence-electron chi connectivity index (χ2n) is 10.6. The van der Waals surface area contributed by atoms with E-state index in [1.807, 2.05) is 0 Å². The van der Waals surface area contributed by atoms with Crippen LogP contribution in [0.3, 0.4) is 0 Å². The smallest absolute Gasteiger partial charge is 0.330 e. The van der Waals surface area contributed by atoms with Crippen molar-refractivity contribution < 1.29 is 9.90 Å². The molecule has 0 aromatic rings. The third kappa shape index (κ3) is 24.1. The number of carboxylic acid groups (broad SMARTS) is 1. The summed E-state index contributed by atoms with van der Waals surface area (Å²) in [5.41, 5.74) is 0.408. The van der Waals surface area contributed by atoms with Crippen LogP contribution in [0.4, 0.5) is 0 Å². The normalized spacial score (nSPS) is 12.2. The molecule has 0 amide bonds. The molecule has 0 spiro atoms. The summed E-state index contributed by atoms with van der Waals surface area (Å²) >= 11 is 0. The average Bonchev–Trinajstić information content (AvgIpc) is 2.80. The molecule has 0 heterocycles. The molecule has 0 rings (SSSR count). The minimum Gasteiger partial charge on any atom is -0.478 e. The summed E-state index contributed by atoms with van der Waals surface area (Å²) in [7, 11) is 0. The van der Waals surface area contributed by atoms with E-state index in [-0.39, 0.29) is 0 Å². The summed E-state index contributed by atoms with van der Waals surface area (Å²) in [4.78, 5) is 11.3. The molecule has 2 heteroatoms. The van der Waals surface area contributed by atoms with Gasteiger partial charge in [0, 0.05) is 5.57 Å². The Morgan fingerprint density at radius 3 is 1.09 bits per heavy atom. The summed E-state index contributed by atoms with van der Waals surface area (Å²) in [6.07, 6.45) is 33.2. The van der Waals surface area contributed by atoms with Crippen LogP contribution < -0.4 is 0 Å². The fraction of sp³-hybridized carbons (Fsp3) is 0.903. The minimum absolute atomic E-state index is 0.408. The first-order valence-electron chi connectivity index (χ1n) is 15.0. The van der Waals surface area contributed by atoms with Crippen molar-refractivity contribution in [3.63, 3.8) is 0 Å². The Labute approximate surface area is 208 Å². The number of unbranched alkanes of at least 4 members (excludes halogenated alkanes) is 20. The van der Waals surface area contributed by atoms with Gasteiger partial charge in [-0.05, 0) is 12.3 Å². The number of hydrogen-bond acceptors (Lipinski definition) is 1. The van der Waals surface area contributed by atoms with Gasteiger partial charge in [-0.3, -0.25) is 0 Å². The maximum atomic E-state index is 11.3. The van der Waals surface area contributed by atoms with Crippen molar-refractivity contribution in [1.29, 1.82) is 0 Å². The van der Waals surface area contributed by atoms with Crippen LogP contribution in [-0.4, -0.2) is 11.1 Å². The summed E-state index contributed by atoms with van der Waals surface area (Å²) in [6.45, 7) is 8.36. The summed E-state index contributed by atoms with van der Waals surface area (Å²) in [5, 5.41) is 9.25. The monoisotopic (exact) mass is 464 g/mol. The van der Waals surface area contributed by atoms with Crippen molar-refractivity contribution in [3.8, 4) is 0 Å². The lowest BCUT2D eigenvalue weighted by atomic mass is 9.89. The molecule has 0 bridgehead atoms. The van der Waals surface area contributed by atoms with E-state index in [9.17, 15) is 9.90 Å². The van der Waals surface area contributed by atoms with Gasteiger partial charge in [0.2, 0.25) is 0 Å². The van der Waals surface area contributed by atoms with Gasteiger partial charge in [0.25, 0.3) is 0 Å². The van der Waals surface area contributed by atoms with E-state index >= 15 is 0 Å². The standard InChI is InChI=1S/C31H60O2/c1-4-6-8-10-12-14-16-17-19-21-23-25-27-30(28-29(3)31(32)33)26-24-22-20-18-15-13-11-9-7-5-2/h30H,3-28H2,1-2H3,(H,32,33). The quantitative estimate of drug-likeness (QED) is 0.0969. The molecule has 1 N–H and O–H groups in total. The lowest BCUT2D eigenvalue weighted by Gasteiger charge is -2.17. The Bertz CT molecular complexity index is 429. The van der Waals surface area contributed by atoms with Gasteiger partial charge in [-0.1, -0.05) is 175 Å². The number of aliphatic carboxylic acids is 1. The molecule has 1 atom stereocenters. The van der Waals surface area contributed by atoms with E-state index in [2.05, 4.69) is 20.4 Å². The largest absolute Gasteiger partial charge is 0.478 e. The zero-order valence-corrected chi connectivity index (χ0v) is 22.8. The second-order valence-corrected chi connectivity index (χ2v) is 10.6. The van der Waals surface area contributed by atoms with Gasteiger partial charge >= 0.3 is 5.97 Å². The van der Waals surface area contributed by atoms with Crippen LogP contribution in [0.2, 0.25) is 0 Å². The topological polar surface area (TPSA) is 37.3 Å². The first-order valence-corrected chi connectivity index (χ1v) is 15.0. The zero-order valence-electron chi connectivity index (χ0n) is 22.8. The zero-order chi connectivity index (χ0) is 24.4. The van der Waals surface area contributed by atoms with Gasteiger partial charge in [-0.25, -0.2) is 4.79 Å². The van der Waals surface area contributed by atoms with Gasteiger partial charge in [0.15, 0.2) is 0 Å². The van der Waals surface area contributed by atoms with Crippen LogP contribution in [0.25, 0.3) is 0 Å². The molecule has 0 saturated heterocycles. The lowest BCUT2D eigenvalue weighted by molar-refractivity contribution is -0.132. The van der Waals surface area contributed by atoms with Crippen molar-refractivity contribution in [2.45, 2.75) is 174 Å². The Kier molecular flexibility index (Phi) is 25.2. The van der Waals surface area contributed by atoms with Crippen molar-refractivity contribution in [1.82, 2.24) is 0 Å². The van der Waals surface area contributed by atoms with Crippen LogP contribution in [0, 0.1) is 5.92 Å². The van der Waals surface area contributed by atoms with E-state index in [0.29, 0.717) is 17.9 Å². The first kappa shape index (κ1) is 32.2. The molecule has 2 nitrogen and oxygen atoms in total. The van der Waals surface area contributed by atoms with Gasteiger partial charge in [-0.15, -0.1) is 0 Å². The highest BCUT2D eigenvalue weighted by Crippen LogP contribution is 2.25. The van der Waals surface area contributed by atoms with Crippen LogP contribution in [0.5, 0.6) is 0 Å². The molecule has 0 saturated carbocycles. The third-order valence-corrected chi connectivity index (χ3v) is 7.27. The summed E-state index contributed by atoms with van der Waals surface area (Å²) < 4.78 is 0. The molecule has 0 fully saturated rings. The molecular weight excluding hydrogens is 404 g/mol. The highest BCUT2D eigenvalue weighted by molar-refractivity contribution is 5.85. The number of rotatable bonds is 27. The highest BCUT2D eigenvalue weighted by Gasteiger charge is 2.14. The van der Waals surface area contributed by atoms with Gasteiger partial charge in [0.05, 0.1) is 0 Å². The fourth-order valence-electron chi connectivity index (χ4n) is 4.98. The molecular formula is C31H60O2. The Morgan fingerprint density at radius 1 is 0.545 bits per heavy atom. The Morgan fingerprint density at radius 2 is 0.818 bits per heavy atom. The Hall–Kier alpha value is -0.790. The van der Waals surface area contributed by atoms with E-state index in [1.54, 1.807) is 0 Å². The van der Waals surface area contributed by atoms with Crippen molar-refractivity contribution >= 4 is 5.97 Å². The predicted octanol–water partition coefficient (Wildman–Crippen LogP) is 11.0. The predicted molar refractivity (Wildman–Crippen MR) is 147 cm³/mol. The molecule has 0 aromatic carbocycles. The number of hydrogen-bond donors (Lipinski definition) is 1. The fourth-order valence-corrected chi connectivity index (χ4v) is 4.98. The maximum absolute atomic E-state index is 11.3. The molecule has 33 heavy (non-hydrogen) atoms. The lowest BCUT2D eigenvalue weighted by Crippen LogP contribution is -2.08. The van der Waals surface area contributed by atoms with Crippen LogP contribution in [0.15, 0.2) is 12.2 Å². The van der Waals surface area contributed by atoms with E-state index in [1.165, 1.54) is 154 Å². The summed E-state index contributed by atoms with van der Waals surface area (Å²) in [6, 6.07) is 0. The number of carboxylic acids is 1. The molecule has 0 aliphatic rings. The molecule has 0 radical (unpaired) electrons. The second kappa shape index (κ2) is 25.8. The van der Waals surface area contributed by atoms with E-state index in [0.717, 1.165) is 0 Å². The molecule has 196 valence electrons. The van der Waals surface area contributed by atoms with E-state index in [4.69, 9.17) is 0 Å². The first-order chi connectivity index (χ1) is 16.1. The number of carbonyl (C=O) groups is 1. The summed E-state index contributed by atoms with van der Waals surface area (Å²) in [5.74, 6) is -0.288. The van der Waals surface area contributed by atoms with Crippen LogP contribution in [0.1, 0.15) is 174 Å². The maximum Gasteiger partial charge on any atom is 0.330 e.